The van der Waals surface area contributed by atoms with E-state index in [-0.39, 0.29) is 30.9 Å². The van der Waals surface area contributed by atoms with E-state index in [4.69, 9.17) is 14.6 Å². The molecule has 0 aromatic rings. The third-order valence-corrected chi connectivity index (χ3v) is 2.29. The number of carbonyl (C=O) groups is 2. The van der Waals surface area contributed by atoms with Crippen LogP contribution < -0.4 is 0 Å². The lowest BCUT2D eigenvalue weighted by Crippen LogP contribution is -2.25. The summed E-state index contributed by atoms with van der Waals surface area (Å²) in [6.07, 6.45) is 2.00. The monoisotopic (exact) mass is 228 g/mol. The fraction of sp³-hybridized carbons (Fsp3) is 0.636. The molecule has 16 heavy (non-hydrogen) atoms. The van der Waals surface area contributed by atoms with Gasteiger partial charge in [0.25, 0.3) is 0 Å². The van der Waals surface area contributed by atoms with Gasteiger partial charge in [0.05, 0.1) is 6.61 Å². The van der Waals surface area contributed by atoms with Gasteiger partial charge in [-0.2, -0.15) is 0 Å². The lowest BCUT2D eigenvalue weighted by Gasteiger charge is -2.22. The van der Waals surface area contributed by atoms with E-state index in [1.165, 1.54) is 0 Å². The van der Waals surface area contributed by atoms with Crippen LogP contribution in [0.15, 0.2) is 12.2 Å². The minimum atomic E-state index is -0.546. The topological polar surface area (TPSA) is 72.8 Å². The van der Waals surface area contributed by atoms with Crippen molar-refractivity contribution < 1.29 is 24.2 Å². The summed E-state index contributed by atoms with van der Waals surface area (Å²) in [7, 11) is 0. The Kier molecular flexibility index (Phi) is 4.98. The van der Waals surface area contributed by atoms with Crippen LogP contribution >= 0.6 is 0 Å². The Hall–Kier alpha value is -1.36. The van der Waals surface area contributed by atoms with Crippen molar-refractivity contribution in [3.05, 3.63) is 12.2 Å². The Morgan fingerprint density at radius 1 is 1.62 bits per heavy atom. The van der Waals surface area contributed by atoms with Gasteiger partial charge >= 0.3 is 11.9 Å². The van der Waals surface area contributed by atoms with Crippen molar-refractivity contribution in [1.29, 1.82) is 0 Å². The number of hydrogen-bond donors (Lipinski definition) is 1. The fourth-order valence-electron chi connectivity index (χ4n) is 1.52. The average molecular weight is 228 g/mol. The van der Waals surface area contributed by atoms with Gasteiger partial charge in [-0.15, -0.1) is 0 Å². The normalized spacial score (nSPS) is 20.1. The van der Waals surface area contributed by atoms with Gasteiger partial charge in [-0.25, -0.2) is 4.79 Å². The van der Waals surface area contributed by atoms with Crippen molar-refractivity contribution >= 4 is 11.9 Å². The van der Waals surface area contributed by atoms with Gasteiger partial charge in [0.1, 0.15) is 12.7 Å². The van der Waals surface area contributed by atoms with Gasteiger partial charge in [0.2, 0.25) is 0 Å². The first-order valence-corrected chi connectivity index (χ1v) is 5.28. The highest BCUT2D eigenvalue weighted by molar-refractivity contribution is 5.87. The number of cyclic esters (lactones) is 1. The van der Waals surface area contributed by atoms with E-state index < -0.39 is 5.97 Å². The molecule has 1 N–H and O–H groups in total. The summed E-state index contributed by atoms with van der Waals surface area (Å²) < 4.78 is 9.75. The van der Waals surface area contributed by atoms with E-state index >= 15 is 0 Å². The van der Waals surface area contributed by atoms with Crippen LogP contribution in [0.2, 0.25) is 0 Å². The third-order valence-electron chi connectivity index (χ3n) is 2.29. The minimum Gasteiger partial charge on any atom is -0.462 e. The summed E-state index contributed by atoms with van der Waals surface area (Å²) in [4.78, 5) is 22.3. The molecule has 5 nitrogen and oxygen atoms in total. The molecule has 1 aliphatic heterocycles. The number of aliphatic hydroxyl groups excluding tert-OH is 1. The van der Waals surface area contributed by atoms with E-state index in [9.17, 15) is 9.59 Å². The maximum atomic E-state index is 11.3. The molecule has 0 bridgehead atoms. The first kappa shape index (κ1) is 12.7. The second kappa shape index (κ2) is 6.27. The van der Waals surface area contributed by atoms with Crippen LogP contribution in [0.4, 0.5) is 0 Å². The lowest BCUT2D eigenvalue weighted by atomic mass is 10.0. The molecule has 1 fully saturated rings. The Morgan fingerprint density at radius 3 is 3.00 bits per heavy atom. The summed E-state index contributed by atoms with van der Waals surface area (Å²) in [6, 6.07) is 0. The number of hydrogen-bond acceptors (Lipinski definition) is 5. The zero-order valence-corrected chi connectivity index (χ0v) is 9.11. The van der Waals surface area contributed by atoms with E-state index in [2.05, 4.69) is 6.58 Å². The number of rotatable bonds is 5. The molecule has 0 saturated carbocycles. The van der Waals surface area contributed by atoms with E-state index in [0.29, 0.717) is 12.8 Å². The predicted octanol–water partition coefficient (Wildman–Crippen LogP) is 0.564. The van der Waals surface area contributed by atoms with Crippen LogP contribution in [-0.4, -0.2) is 36.4 Å². The minimum absolute atomic E-state index is 0.0394. The van der Waals surface area contributed by atoms with E-state index in [1.54, 1.807) is 0 Å². The van der Waals surface area contributed by atoms with E-state index in [1.807, 2.05) is 0 Å². The van der Waals surface area contributed by atoms with Gasteiger partial charge in [-0.05, 0) is 12.8 Å². The zero-order valence-electron chi connectivity index (χ0n) is 9.11. The molecule has 90 valence electrons. The van der Waals surface area contributed by atoms with Gasteiger partial charge in [0, 0.05) is 18.4 Å². The molecule has 1 heterocycles. The Balaban J connectivity index is 2.32. The summed E-state index contributed by atoms with van der Waals surface area (Å²) in [5, 5.41) is 8.48. The Bertz CT molecular complexity index is 284. The van der Waals surface area contributed by atoms with Crippen LogP contribution in [0, 0.1) is 0 Å². The van der Waals surface area contributed by atoms with Crippen molar-refractivity contribution in [1.82, 2.24) is 0 Å². The van der Waals surface area contributed by atoms with Crippen molar-refractivity contribution in [2.24, 2.45) is 0 Å². The molecule has 0 radical (unpaired) electrons. The predicted molar refractivity (Wildman–Crippen MR) is 55.5 cm³/mol. The molecular weight excluding hydrogens is 212 g/mol. The second-order valence-electron chi connectivity index (χ2n) is 3.67. The molecule has 0 aromatic carbocycles. The Morgan fingerprint density at radius 2 is 2.38 bits per heavy atom. The SMILES string of the molecule is C=C(CC1CCCC(=O)O1)C(=O)OCCO. The number of carbonyl (C=O) groups excluding carboxylic acids is 2. The molecule has 0 spiro atoms. The highest BCUT2D eigenvalue weighted by Crippen LogP contribution is 2.20. The highest BCUT2D eigenvalue weighted by atomic mass is 16.5. The summed E-state index contributed by atoms with van der Waals surface area (Å²) in [5.74, 6) is -0.775. The van der Waals surface area contributed by atoms with Crippen molar-refractivity contribution in [3.63, 3.8) is 0 Å². The van der Waals surface area contributed by atoms with Crippen molar-refractivity contribution in [2.75, 3.05) is 13.2 Å². The number of ether oxygens (including phenoxy) is 2. The van der Waals surface area contributed by atoms with Crippen molar-refractivity contribution in [2.45, 2.75) is 31.8 Å². The quantitative estimate of drug-likeness (QED) is 0.550. The smallest absolute Gasteiger partial charge is 0.333 e. The third kappa shape index (κ3) is 4.02. The Labute approximate surface area is 94.0 Å². The van der Waals surface area contributed by atoms with Crippen LogP contribution in [0.3, 0.4) is 0 Å². The summed E-state index contributed by atoms with van der Waals surface area (Å²) >= 11 is 0. The van der Waals surface area contributed by atoms with Gasteiger partial charge < -0.3 is 14.6 Å². The van der Waals surface area contributed by atoms with Crippen LogP contribution in [-0.2, 0) is 19.1 Å². The molecule has 1 saturated heterocycles. The van der Waals surface area contributed by atoms with E-state index in [0.717, 1.165) is 12.8 Å². The van der Waals surface area contributed by atoms with Gasteiger partial charge in [-0.1, -0.05) is 6.58 Å². The largest absolute Gasteiger partial charge is 0.462 e. The first-order valence-electron chi connectivity index (χ1n) is 5.28. The highest BCUT2D eigenvalue weighted by Gasteiger charge is 2.23. The maximum Gasteiger partial charge on any atom is 0.333 e. The molecule has 0 aliphatic carbocycles. The standard InChI is InChI=1S/C11H16O5/c1-8(11(14)15-6-5-12)7-9-3-2-4-10(13)16-9/h9,12H,1-7H2. The maximum absolute atomic E-state index is 11.3. The number of aliphatic hydroxyl groups is 1. The molecule has 1 rings (SSSR count). The second-order valence-corrected chi connectivity index (χ2v) is 3.67. The molecular formula is C11H16O5. The molecule has 1 unspecified atom stereocenters. The summed E-state index contributed by atoms with van der Waals surface area (Å²) in [5.41, 5.74) is 0.271. The molecule has 0 aromatic heterocycles. The van der Waals surface area contributed by atoms with Gasteiger partial charge in [-0.3, -0.25) is 4.79 Å². The molecule has 5 heteroatoms. The zero-order chi connectivity index (χ0) is 12.0. The molecule has 1 aliphatic rings. The average Bonchev–Trinajstić information content (AvgIpc) is 2.25. The fourth-order valence-corrected chi connectivity index (χ4v) is 1.52. The number of esters is 2. The van der Waals surface area contributed by atoms with Crippen LogP contribution in [0.5, 0.6) is 0 Å². The van der Waals surface area contributed by atoms with Crippen LogP contribution in [0.1, 0.15) is 25.7 Å². The molecule has 0 amide bonds. The van der Waals surface area contributed by atoms with Crippen molar-refractivity contribution in [3.8, 4) is 0 Å². The first-order chi connectivity index (χ1) is 7.63. The molecule has 1 atom stereocenters. The lowest BCUT2D eigenvalue weighted by molar-refractivity contribution is -0.154. The van der Waals surface area contributed by atoms with Gasteiger partial charge in [0.15, 0.2) is 0 Å². The summed E-state index contributed by atoms with van der Waals surface area (Å²) in [6.45, 7) is 3.33. The van der Waals surface area contributed by atoms with Crippen LogP contribution in [0.25, 0.3) is 0 Å².